The van der Waals surface area contributed by atoms with E-state index in [0.717, 1.165) is 25.7 Å². The third-order valence-electron chi connectivity index (χ3n) is 6.82. The number of rotatable bonds is 4. The molecule has 2 aliphatic heterocycles. The summed E-state index contributed by atoms with van der Waals surface area (Å²) in [6.07, 6.45) is 3.66. The Bertz CT molecular complexity index is 1290. The van der Waals surface area contributed by atoms with Gasteiger partial charge in [0, 0.05) is 29.8 Å². The first-order valence-electron chi connectivity index (χ1n) is 11.2. The summed E-state index contributed by atoms with van der Waals surface area (Å²) in [7, 11) is 1.37. The molecule has 5 rings (SSSR count). The SMILES string of the molecule is COc1ccc(-c2c(O)cc(N3C4CCC3CC(N)C4)nc2-c2ccc(C#N)c(F)c2)cc1F. The van der Waals surface area contributed by atoms with E-state index in [4.69, 9.17) is 20.7 Å². The standard InChI is InChI=1S/C26H24F2N4O2/c1-34-23-7-4-14(8-21(23)28)25-22(33)12-24(32-18-5-6-19(32)11-17(30)10-18)31-26(25)15-2-3-16(13-29)20(27)9-15/h2-4,7-9,12,17-19H,5-6,10-11,30H2,1H3,(H,31,33). The van der Waals surface area contributed by atoms with Crippen LogP contribution in [0.15, 0.2) is 42.5 Å². The van der Waals surface area contributed by atoms with E-state index in [9.17, 15) is 13.9 Å². The number of hydrogen-bond acceptors (Lipinski definition) is 6. The summed E-state index contributed by atoms with van der Waals surface area (Å²) in [5, 5.41) is 20.3. The molecule has 2 bridgehead atoms. The Morgan fingerprint density at radius 3 is 2.35 bits per heavy atom. The molecular weight excluding hydrogens is 438 g/mol. The highest BCUT2D eigenvalue weighted by Crippen LogP contribution is 2.44. The lowest BCUT2D eigenvalue weighted by Crippen LogP contribution is -2.47. The highest BCUT2D eigenvalue weighted by atomic mass is 19.1. The first kappa shape index (κ1) is 22.1. The van der Waals surface area contributed by atoms with E-state index in [1.165, 1.54) is 31.4 Å². The van der Waals surface area contributed by atoms with E-state index < -0.39 is 11.6 Å². The molecule has 2 aliphatic rings. The maximum absolute atomic E-state index is 14.6. The van der Waals surface area contributed by atoms with Gasteiger partial charge in [0.15, 0.2) is 11.6 Å². The normalized spacial score (nSPS) is 21.4. The smallest absolute Gasteiger partial charge is 0.165 e. The summed E-state index contributed by atoms with van der Waals surface area (Å²) in [5.41, 5.74) is 7.45. The van der Waals surface area contributed by atoms with Gasteiger partial charge < -0.3 is 20.5 Å². The maximum atomic E-state index is 14.6. The van der Waals surface area contributed by atoms with Crippen LogP contribution in [0.3, 0.4) is 0 Å². The van der Waals surface area contributed by atoms with E-state index in [1.54, 1.807) is 18.2 Å². The zero-order chi connectivity index (χ0) is 24.0. The number of hydrogen-bond donors (Lipinski definition) is 2. The second-order valence-corrected chi connectivity index (χ2v) is 8.90. The van der Waals surface area contributed by atoms with E-state index in [0.29, 0.717) is 22.6 Å². The van der Waals surface area contributed by atoms with Crippen LogP contribution in [-0.2, 0) is 0 Å². The Hall–Kier alpha value is -3.70. The van der Waals surface area contributed by atoms with Gasteiger partial charge in [-0.1, -0.05) is 12.1 Å². The number of ether oxygens (including phenoxy) is 1. The van der Waals surface area contributed by atoms with Gasteiger partial charge >= 0.3 is 0 Å². The minimum absolute atomic E-state index is 0.0695. The van der Waals surface area contributed by atoms with Crippen molar-refractivity contribution in [2.24, 2.45) is 5.73 Å². The molecule has 3 N–H and O–H groups in total. The van der Waals surface area contributed by atoms with Crippen molar-refractivity contribution < 1.29 is 18.6 Å². The van der Waals surface area contributed by atoms with Crippen LogP contribution in [0, 0.1) is 23.0 Å². The zero-order valence-corrected chi connectivity index (χ0v) is 18.6. The van der Waals surface area contributed by atoms with Gasteiger partial charge in [0.05, 0.1) is 23.9 Å². The van der Waals surface area contributed by atoms with Crippen LogP contribution in [0.5, 0.6) is 11.5 Å². The summed E-state index contributed by atoms with van der Waals surface area (Å²) in [6, 6.07) is 12.5. The van der Waals surface area contributed by atoms with Crippen molar-refractivity contribution in [2.75, 3.05) is 12.0 Å². The number of nitriles is 1. The molecule has 0 spiro atoms. The van der Waals surface area contributed by atoms with Gasteiger partial charge in [-0.3, -0.25) is 0 Å². The van der Waals surface area contributed by atoms with Crippen molar-refractivity contribution in [1.82, 2.24) is 4.98 Å². The summed E-state index contributed by atoms with van der Waals surface area (Å²) < 4.78 is 34.1. The highest BCUT2D eigenvalue weighted by molar-refractivity contribution is 5.87. The van der Waals surface area contributed by atoms with E-state index in [-0.39, 0.29) is 40.8 Å². The number of pyridine rings is 1. The number of benzene rings is 2. The average Bonchev–Trinajstić information content (AvgIpc) is 3.09. The molecule has 2 fully saturated rings. The molecule has 174 valence electrons. The summed E-state index contributed by atoms with van der Waals surface area (Å²) in [6.45, 7) is 0. The Balaban J connectivity index is 1.70. The number of nitrogens with two attached hydrogens (primary N) is 1. The monoisotopic (exact) mass is 462 g/mol. The number of fused-ring (bicyclic) bond motifs is 2. The second-order valence-electron chi connectivity index (χ2n) is 8.90. The van der Waals surface area contributed by atoms with Crippen molar-refractivity contribution in [2.45, 2.75) is 43.8 Å². The van der Waals surface area contributed by atoms with Crippen LogP contribution in [0.1, 0.15) is 31.2 Å². The van der Waals surface area contributed by atoms with E-state index in [1.807, 2.05) is 6.07 Å². The molecule has 2 unspecified atom stereocenters. The van der Waals surface area contributed by atoms with E-state index >= 15 is 0 Å². The molecular formula is C26H24F2N4O2. The molecule has 2 saturated heterocycles. The Labute approximate surface area is 196 Å². The molecule has 0 radical (unpaired) electrons. The number of nitrogens with zero attached hydrogens (tertiary/aromatic N) is 3. The lowest BCUT2D eigenvalue weighted by Gasteiger charge is -2.39. The minimum Gasteiger partial charge on any atom is -0.507 e. The van der Waals surface area contributed by atoms with Crippen LogP contribution in [0.2, 0.25) is 0 Å². The third-order valence-corrected chi connectivity index (χ3v) is 6.82. The Morgan fingerprint density at radius 1 is 1.06 bits per heavy atom. The number of methoxy groups -OCH3 is 1. The van der Waals surface area contributed by atoms with Crippen LogP contribution < -0.4 is 15.4 Å². The largest absolute Gasteiger partial charge is 0.507 e. The van der Waals surface area contributed by atoms with E-state index in [2.05, 4.69) is 4.90 Å². The fourth-order valence-corrected chi connectivity index (χ4v) is 5.31. The van der Waals surface area contributed by atoms with Crippen LogP contribution >= 0.6 is 0 Å². The van der Waals surface area contributed by atoms with Gasteiger partial charge in [-0.2, -0.15) is 5.26 Å². The number of halogens is 2. The van der Waals surface area contributed by atoms with Gasteiger partial charge in [-0.25, -0.2) is 13.8 Å². The topological polar surface area (TPSA) is 95.4 Å². The second kappa shape index (κ2) is 8.58. The van der Waals surface area contributed by atoms with Crippen molar-refractivity contribution in [3.05, 3.63) is 59.7 Å². The molecule has 2 atom stereocenters. The molecule has 6 nitrogen and oxygen atoms in total. The maximum Gasteiger partial charge on any atom is 0.165 e. The first-order valence-corrected chi connectivity index (χ1v) is 11.2. The Kier molecular flexibility index (Phi) is 5.58. The highest BCUT2D eigenvalue weighted by Gasteiger charge is 2.40. The minimum atomic E-state index is -0.692. The van der Waals surface area contributed by atoms with Crippen LogP contribution in [-0.4, -0.2) is 35.3 Å². The Morgan fingerprint density at radius 2 is 1.74 bits per heavy atom. The number of aromatic nitrogens is 1. The fraction of sp³-hybridized carbons (Fsp3) is 0.308. The molecule has 3 aromatic rings. The average molecular weight is 463 g/mol. The molecule has 0 aliphatic carbocycles. The first-order chi connectivity index (χ1) is 16.4. The predicted molar refractivity (Wildman–Crippen MR) is 124 cm³/mol. The van der Waals surface area contributed by atoms with Crippen LogP contribution in [0.25, 0.3) is 22.4 Å². The van der Waals surface area contributed by atoms with Crippen molar-refractivity contribution in [1.29, 1.82) is 5.26 Å². The van der Waals surface area contributed by atoms with Gasteiger partial charge in [-0.15, -0.1) is 0 Å². The molecule has 34 heavy (non-hydrogen) atoms. The number of aromatic hydroxyl groups is 1. The molecule has 1 aromatic heterocycles. The van der Waals surface area contributed by atoms with Gasteiger partial charge in [-0.05, 0) is 55.5 Å². The predicted octanol–water partition coefficient (Wildman–Crippen LogP) is 4.74. The zero-order valence-electron chi connectivity index (χ0n) is 18.6. The van der Waals surface area contributed by atoms with Crippen LogP contribution in [0.4, 0.5) is 14.6 Å². The molecule has 3 heterocycles. The van der Waals surface area contributed by atoms with Gasteiger partial charge in [0.2, 0.25) is 0 Å². The number of anilines is 1. The molecule has 0 saturated carbocycles. The lowest BCUT2D eigenvalue weighted by molar-refractivity contribution is 0.386. The fourth-order valence-electron chi connectivity index (χ4n) is 5.31. The van der Waals surface area contributed by atoms with Crippen molar-refractivity contribution >= 4 is 5.82 Å². The summed E-state index contributed by atoms with van der Waals surface area (Å²) in [5.74, 6) is -0.732. The number of piperidine rings is 1. The van der Waals surface area contributed by atoms with Crippen molar-refractivity contribution in [3.8, 4) is 40.0 Å². The quantitative estimate of drug-likeness (QED) is 0.582. The molecule has 0 amide bonds. The van der Waals surface area contributed by atoms with Gasteiger partial charge in [0.1, 0.15) is 23.5 Å². The summed E-state index contributed by atoms with van der Waals surface area (Å²) in [4.78, 5) is 7.06. The molecule has 8 heteroatoms. The van der Waals surface area contributed by atoms with Crippen molar-refractivity contribution in [3.63, 3.8) is 0 Å². The van der Waals surface area contributed by atoms with Gasteiger partial charge in [0.25, 0.3) is 0 Å². The molecule has 2 aromatic carbocycles. The lowest BCUT2D eigenvalue weighted by atomic mass is 9.95. The third kappa shape index (κ3) is 3.72. The summed E-state index contributed by atoms with van der Waals surface area (Å²) >= 11 is 0.